The summed E-state index contributed by atoms with van der Waals surface area (Å²) in [7, 11) is 0. The Morgan fingerprint density at radius 1 is 1.05 bits per heavy atom. The molecule has 1 aliphatic heterocycles. The van der Waals surface area contributed by atoms with Crippen molar-refractivity contribution in [1.29, 1.82) is 0 Å². The summed E-state index contributed by atoms with van der Waals surface area (Å²) in [5.41, 5.74) is 6.26. The Hall–Kier alpha value is -1.74. The molecule has 1 N–H and O–H groups in total. The first-order valence-corrected chi connectivity index (χ1v) is 6.77. The van der Waals surface area contributed by atoms with Gasteiger partial charge in [-0.15, -0.1) is 0 Å². The fraction of sp³-hybridized carbons (Fsp3) is 0.375. The van der Waals surface area contributed by atoms with Crippen LogP contribution in [0.2, 0.25) is 0 Å². The Morgan fingerprint density at radius 2 is 1.84 bits per heavy atom. The van der Waals surface area contributed by atoms with Crippen LogP contribution in [-0.2, 0) is 0 Å². The first-order valence-electron chi connectivity index (χ1n) is 6.77. The van der Waals surface area contributed by atoms with E-state index >= 15 is 0 Å². The van der Waals surface area contributed by atoms with E-state index in [1.165, 1.54) is 22.3 Å². The first kappa shape index (κ1) is 12.3. The Bertz CT molecular complexity index is 615. The second kappa shape index (κ2) is 4.74. The molecular weight excluding hydrogens is 234 g/mol. The van der Waals surface area contributed by atoms with Gasteiger partial charge >= 0.3 is 0 Å². The van der Waals surface area contributed by atoms with E-state index < -0.39 is 0 Å². The number of benzene rings is 1. The van der Waals surface area contributed by atoms with Crippen LogP contribution in [-0.4, -0.2) is 23.1 Å². The van der Waals surface area contributed by atoms with E-state index in [2.05, 4.69) is 43.2 Å². The summed E-state index contributed by atoms with van der Waals surface area (Å²) >= 11 is 0. The summed E-state index contributed by atoms with van der Waals surface area (Å²) < 4.78 is 0. The zero-order chi connectivity index (χ0) is 13.4. The van der Waals surface area contributed by atoms with Gasteiger partial charge in [0.05, 0.1) is 5.69 Å². The van der Waals surface area contributed by atoms with E-state index in [9.17, 15) is 0 Å². The van der Waals surface area contributed by atoms with Crippen LogP contribution in [0.4, 0.5) is 0 Å². The third-order valence-corrected chi connectivity index (χ3v) is 4.15. The summed E-state index contributed by atoms with van der Waals surface area (Å²) in [6.07, 6.45) is 1.88. The molecule has 0 spiro atoms. The van der Waals surface area contributed by atoms with E-state index in [1.807, 2.05) is 12.3 Å². The van der Waals surface area contributed by atoms with Crippen molar-refractivity contribution in [1.82, 2.24) is 15.3 Å². The van der Waals surface area contributed by atoms with E-state index in [1.54, 1.807) is 0 Å². The maximum absolute atomic E-state index is 4.75. The van der Waals surface area contributed by atoms with Crippen LogP contribution in [0.3, 0.4) is 0 Å². The third kappa shape index (κ3) is 2.15. The second-order valence-electron chi connectivity index (χ2n) is 5.34. The second-order valence-corrected chi connectivity index (χ2v) is 5.34. The van der Waals surface area contributed by atoms with Crippen molar-refractivity contribution < 1.29 is 0 Å². The van der Waals surface area contributed by atoms with Crippen LogP contribution in [0, 0.1) is 20.8 Å². The van der Waals surface area contributed by atoms with Crippen molar-refractivity contribution in [2.75, 3.05) is 13.1 Å². The fourth-order valence-electron chi connectivity index (χ4n) is 2.43. The van der Waals surface area contributed by atoms with Gasteiger partial charge in [-0.1, -0.05) is 12.1 Å². The zero-order valence-corrected chi connectivity index (χ0v) is 11.7. The minimum Gasteiger partial charge on any atom is -0.315 e. The van der Waals surface area contributed by atoms with Crippen LogP contribution in [0.25, 0.3) is 11.3 Å². The molecule has 1 aromatic carbocycles. The molecule has 3 heteroatoms. The lowest BCUT2D eigenvalue weighted by molar-refractivity contribution is 0.430. The molecular formula is C16H19N3. The zero-order valence-electron chi connectivity index (χ0n) is 11.7. The van der Waals surface area contributed by atoms with Crippen LogP contribution in [0.15, 0.2) is 24.4 Å². The van der Waals surface area contributed by atoms with E-state index in [4.69, 9.17) is 4.98 Å². The summed E-state index contributed by atoms with van der Waals surface area (Å²) in [5, 5.41) is 3.27. The number of hydrogen-bond donors (Lipinski definition) is 1. The highest BCUT2D eigenvalue weighted by Crippen LogP contribution is 2.27. The third-order valence-electron chi connectivity index (χ3n) is 4.15. The molecule has 0 aliphatic carbocycles. The summed E-state index contributed by atoms with van der Waals surface area (Å²) in [6.45, 7) is 8.48. The predicted octanol–water partition coefficient (Wildman–Crippen LogP) is 2.76. The minimum atomic E-state index is 0.479. The highest BCUT2D eigenvalue weighted by Gasteiger charge is 2.22. The molecule has 0 amide bonds. The highest BCUT2D eigenvalue weighted by molar-refractivity contribution is 5.65. The molecule has 3 rings (SSSR count). The molecule has 0 unspecified atom stereocenters. The average molecular weight is 253 g/mol. The predicted molar refractivity (Wildman–Crippen MR) is 77.3 cm³/mol. The topological polar surface area (TPSA) is 37.8 Å². The maximum atomic E-state index is 4.75. The number of rotatable bonds is 2. The number of aryl methyl sites for hydroxylation is 1. The number of hydrogen-bond acceptors (Lipinski definition) is 3. The van der Waals surface area contributed by atoms with Crippen molar-refractivity contribution in [3.05, 3.63) is 46.9 Å². The molecule has 0 saturated carbocycles. The molecule has 2 heterocycles. The van der Waals surface area contributed by atoms with E-state index in [0.717, 1.165) is 24.6 Å². The van der Waals surface area contributed by atoms with Crippen molar-refractivity contribution >= 4 is 0 Å². The molecule has 1 aliphatic rings. The summed E-state index contributed by atoms with van der Waals surface area (Å²) in [4.78, 5) is 9.15. The highest BCUT2D eigenvalue weighted by atomic mass is 15.0. The minimum absolute atomic E-state index is 0.479. The molecule has 1 saturated heterocycles. The molecule has 1 aromatic heterocycles. The number of aromatic nitrogens is 2. The van der Waals surface area contributed by atoms with Crippen LogP contribution < -0.4 is 5.32 Å². The van der Waals surface area contributed by atoms with E-state index in [0.29, 0.717) is 5.92 Å². The van der Waals surface area contributed by atoms with Gasteiger partial charge in [-0.3, -0.25) is 0 Å². The Labute approximate surface area is 114 Å². The van der Waals surface area contributed by atoms with Gasteiger partial charge in [-0.2, -0.15) is 0 Å². The van der Waals surface area contributed by atoms with Gasteiger partial charge in [-0.05, 0) is 43.5 Å². The van der Waals surface area contributed by atoms with Crippen LogP contribution in [0.1, 0.15) is 28.4 Å². The summed E-state index contributed by atoms with van der Waals surface area (Å²) in [5.74, 6) is 1.45. The smallest absolute Gasteiger partial charge is 0.134 e. The van der Waals surface area contributed by atoms with Gasteiger partial charge in [0, 0.05) is 30.8 Å². The lowest BCUT2D eigenvalue weighted by Gasteiger charge is -2.25. The van der Waals surface area contributed by atoms with Gasteiger partial charge in [0.25, 0.3) is 0 Å². The SMILES string of the molecule is Cc1ccc(-c2ccnc(C3CNC3)n2)c(C)c1C. The van der Waals surface area contributed by atoms with Crippen molar-refractivity contribution in [3.63, 3.8) is 0 Å². The first-order chi connectivity index (χ1) is 9.16. The van der Waals surface area contributed by atoms with Crippen molar-refractivity contribution in [3.8, 4) is 11.3 Å². The molecule has 0 atom stereocenters. The number of nitrogens with one attached hydrogen (secondary N) is 1. The van der Waals surface area contributed by atoms with Crippen LogP contribution in [0.5, 0.6) is 0 Å². The molecule has 0 bridgehead atoms. The Balaban J connectivity index is 2.04. The molecule has 0 radical (unpaired) electrons. The molecule has 98 valence electrons. The molecule has 3 nitrogen and oxygen atoms in total. The van der Waals surface area contributed by atoms with Gasteiger partial charge in [0.2, 0.25) is 0 Å². The monoisotopic (exact) mass is 253 g/mol. The van der Waals surface area contributed by atoms with Crippen molar-refractivity contribution in [2.45, 2.75) is 26.7 Å². The molecule has 19 heavy (non-hydrogen) atoms. The van der Waals surface area contributed by atoms with Crippen molar-refractivity contribution in [2.24, 2.45) is 0 Å². The van der Waals surface area contributed by atoms with Gasteiger partial charge in [0.1, 0.15) is 5.82 Å². The van der Waals surface area contributed by atoms with Gasteiger partial charge in [-0.25, -0.2) is 9.97 Å². The fourth-order valence-corrected chi connectivity index (χ4v) is 2.43. The maximum Gasteiger partial charge on any atom is 0.134 e. The van der Waals surface area contributed by atoms with Gasteiger partial charge in [0.15, 0.2) is 0 Å². The Kier molecular flexibility index (Phi) is 3.07. The molecule has 2 aromatic rings. The molecule has 1 fully saturated rings. The quantitative estimate of drug-likeness (QED) is 0.894. The summed E-state index contributed by atoms with van der Waals surface area (Å²) in [6, 6.07) is 6.35. The Morgan fingerprint density at radius 3 is 2.53 bits per heavy atom. The normalized spacial score (nSPS) is 15.3. The standard InChI is InChI=1S/C16H19N3/c1-10-4-5-14(12(3)11(10)2)15-6-7-18-16(19-15)13-8-17-9-13/h4-7,13,17H,8-9H2,1-3H3. The van der Waals surface area contributed by atoms with Gasteiger partial charge < -0.3 is 5.32 Å². The largest absolute Gasteiger partial charge is 0.315 e. The van der Waals surface area contributed by atoms with E-state index in [-0.39, 0.29) is 0 Å². The average Bonchev–Trinajstić information content (AvgIpc) is 2.34. The lowest BCUT2D eigenvalue weighted by Crippen LogP contribution is -2.40. The lowest BCUT2D eigenvalue weighted by atomic mass is 9.96. The van der Waals surface area contributed by atoms with Crippen LogP contribution >= 0.6 is 0 Å². The number of nitrogens with zero attached hydrogens (tertiary/aromatic N) is 2.